The quantitative estimate of drug-likeness (QED) is 0.244. The van der Waals surface area contributed by atoms with Crippen LogP contribution in [0, 0.1) is 28.1 Å². The van der Waals surface area contributed by atoms with Gasteiger partial charge in [0, 0.05) is 12.6 Å². The fourth-order valence-corrected chi connectivity index (χ4v) is 6.96. The Labute approximate surface area is 276 Å². The molecular weight excluding hydrogens is 610 g/mol. The van der Waals surface area contributed by atoms with E-state index in [0.29, 0.717) is 12.8 Å². The Balaban J connectivity index is 2.39. The maximum Gasteiger partial charge on any atom is 0.315 e. The molecule has 0 aromatic rings. The topological polar surface area (TPSA) is 185 Å². The molecule has 0 aromatic carbocycles. The minimum atomic E-state index is -3.59. The number of hydrogen-bond acceptors (Lipinski definition) is 7. The predicted octanol–water partition coefficient (Wildman–Crippen LogP) is 2.93. The maximum atomic E-state index is 14.4. The summed E-state index contributed by atoms with van der Waals surface area (Å²) in [5.74, 6) is -3.08. The van der Waals surface area contributed by atoms with Crippen molar-refractivity contribution in [2.45, 2.75) is 138 Å². The summed E-state index contributed by atoms with van der Waals surface area (Å²) in [6, 6.07) is -4.56. The van der Waals surface area contributed by atoms with Crippen LogP contribution >= 0.6 is 0 Å². The lowest BCUT2D eigenvalue weighted by molar-refractivity contribution is -0.151. The molecule has 13 heteroatoms. The number of sulfone groups is 1. The molecule has 2 fully saturated rings. The van der Waals surface area contributed by atoms with Crippen molar-refractivity contribution in [2.24, 2.45) is 33.8 Å². The molecule has 1 heterocycles. The van der Waals surface area contributed by atoms with Gasteiger partial charge >= 0.3 is 6.03 Å². The summed E-state index contributed by atoms with van der Waals surface area (Å²) in [7, 11) is -3.59. The van der Waals surface area contributed by atoms with Crippen molar-refractivity contribution in [2.75, 3.05) is 12.3 Å². The summed E-state index contributed by atoms with van der Waals surface area (Å²) >= 11 is 0. The Morgan fingerprint density at radius 3 is 1.87 bits per heavy atom. The number of amides is 5. The van der Waals surface area contributed by atoms with E-state index in [4.69, 9.17) is 5.73 Å². The summed E-state index contributed by atoms with van der Waals surface area (Å²) in [6.45, 7) is 22.0. The lowest BCUT2D eigenvalue weighted by Crippen LogP contribution is -2.65. The molecule has 1 aliphatic heterocycles. The first-order chi connectivity index (χ1) is 20.6. The number of primary amides is 1. The highest BCUT2D eigenvalue weighted by molar-refractivity contribution is 7.92. The van der Waals surface area contributed by atoms with Crippen molar-refractivity contribution in [1.29, 1.82) is 0 Å². The van der Waals surface area contributed by atoms with Crippen LogP contribution in [0.2, 0.25) is 0 Å². The standard InChI is InChI=1S/C33H59N5O7S/c1-19-17-38(22(16-33(19,11)12)27(41)35-21(15-20-13-14-20)24(39)26(34)40)28(42)25(31(5,6)7)37-29(43)36-23(30(2,3)4)18-46(44,45)32(8,9)10/h19-23,25H,13-18H2,1-12H3,(H2,34,40)(H,35,41)(H2,36,37,43)/t19?,21?,22-,23+,25+/m0/s1. The van der Waals surface area contributed by atoms with E-state index in [1.54, 1.807) is 41.5 Å². The zero-order chi connectivity index (χ0) is 35.8. The van der Waals surface area contributed by atoms with Crippen molar-refractivity contribution in [3.05, 3.63) is 0 Å². The van der Waals surface area contributed by atoms with Gasteiger partial charge in [-0.15, -0.1) is 0 Å². The van der Waals surface area contributed by atoms with Crippen molar-refractivity contribution in [3.63, 3.8) is 0 Å². The first kappa shape index (κ1) is 39.5. The van der Waals surface area contributed by atoms with Gasteiger partial charge in [-0.2, -0.15) is 0 Å². The van der Waals surface area contributed by atoms with Crippen LogP contribution < -0.4 is 21.7 Å². The lowest BCUT2D eigenvalue weighted by Gasteiger charge is -2.48. The monoisotopic (exact) mass is 669 g/mol. The molecule has 0 bridgehead atoms. The van der Waals surface area contributed by atoms with Gasteiger partial charge in [0.05, 0.1) is 16.5 Å². The molecular formula is C33H59N5O7S. The zero-order valence-corrected chi connectivity index (χ0v) is 30.8. The molecule has 2 aliphatic rings. The van der Waals surface area contributed by atoms with Gasteiger partial charge in [-0.25, -0.2) is 13.2 Å². The van der Waals surface area contributed by atoms with E-state index in [9.17, 15) is 32.4 Å². The number of Topliss-reactive ketones (excluding diaryl/α,β-unsaturated/α-hetero) is 1. The highest BCUT2D eigenvalue weighted by Gasteiger charge is 2.48. The van der Waals surface area contributed by atoms with E-state index >= 15 is 0 Å². The van der Waals surface area contributed by atoms with Gasteiger partial charge < -0.3 is 26.6 Å². The zero-order valence-electron chi connectivity index (χ0n) is 30.0. The van der Waals surface area contributed by atoms with Gasteiger partial charge in [0.1, 0.15) is 12.1 Å². The van der Waals surface area contributed by atoms with E-state index in [0.717, 1.165) is 12.8 Å². The summed E-state index contributed by atoms with van der Waals surface area (Å²) in [4.78, 5) is 67.6. The van der Waals surface area contributed by atoms with Crippen LogP contribution in [0.15, 0.2) is 0 Å². The van der Waals surface area contributed by atoms with Crippen molar-refractivity contribution >= 4 is 39.4 Å². The Kier molecular flexibility index (Phi) is 11.8. The molecule has 5 atom stereocenters. The number of nitrogens with two attached hydrogens (primary N) is 1. The SMILES string of the molecule is CC1CN(C(=O)[C@@H](NC(=O)N[C@H](CS(=O)(=O)C(C)(C)C)C(C)(C)C)C(C)(C)C)[C@H](C(=O)NC(CC2CC2)C(=O)C(N)=O)CC1(C)C. The molecule has 0 spiro atoms. The Morgan fingerprint density at radius 1 is 0.891 bits per heavy atom. The second-order valence-corrected chi connectivity index (χ2v) is 20.1. The van der Waals surface area contributed by atoms with Gasteiger partial charge in [-0.05, 0) is 61.7 Å². The molecule has 5 amide bonds. The number of piperidine rings is 1. The molecule has 2 unspecified atom stereocenters. The molecule has 264 valence electrons. The first-order valence-corrected chi connectivity index (χ1v) is 18.0. The van der Waals surface area contributed by atoms with Crippen LogP contribution in [-0.4, -0.2) is 84.1 Å². The summed E-state index contributed by atoms with van der Waals surface area (Å²) < 4.78 is 25.1. The second kappa shape index (κ2) is 13.8. The van der Waals surface area contributed by atoms with Crippen LogP contribution in [0.25, 0.3) is 0 Å². The number of nitrogens with zero attached hydrogens (tertiary/aromatic N) is 1. The van der Waals surface area contributed by atoms with Crippen molar-refractivity contribution in [3.8, 4) is 0 Å². The lowest BCUT2D eigenvalue weighted by atomic mass is 9.71. The summed E-state index contributed by atoms with van der Waals surface area (Å²) in [5.41, 5.74) is 3.54. The van der Waals surface area contributed by atoms with Crippen LogP contribution in [0.4, 0.5) is 4.79 Å². The molecule has 1 saturated carbocycles. The highest BCUT2D eigenvalue weighted by atomic mass is 32.2. The number of nitrogens with one attached hydrogen (secondary N) is 3. The Morgan fingerprint density at radius 2 is 1.43 bits per heavy atom. The van der Waals surface area contributed by atoms with Crippen LogP contribution in [0.5, 0.6) is 0 Å². The fraction of sp³-hybridized carbons (Fsp3) is 0.848. The van der Waals surface area contributed by atoms with E-state index in [-0.39, 0.29) is 29.5 Å². The molecule has 1 saturated heterocycles. The molecule has 2 rings (SSSR count). The van der Waals surface area contributed by atoms with Gasteiger partial charge in [0.25, 0.3) is 5.91 Å². The molecule has 5 N–H and O–H groups in total. The number of urea groups is 1. The highest BCUT2D eigenvalue weighted by Crippen LogP contribution is 2.40. The largest absolute Gasteiger partial charge is 0.363 e. The second-order valence-electron chi connectivity index (χ2n) is 17.3. The molecule has 0 radical (unpaired) electrons. The van der Waals surface area contributed by atoms with Crippen LogP contribution in [0.1, 0.15) is 109 Å². The smallest absolute Gasteiger partial charge is 0.315 e. The van der Waals surface area contributed by atoms with Crippen LogP contribution in [0.3, 0.4) is 0 Å². The van der Waals surface area contributed by atoms with Gasteiger partial charge in [0.2, 0.25) is 17.6 Å². The molecule has 12 nitrogen and oxygen atoms in total. The molecule has 0 aromatic heterocycles. The van der Waals surface area contributed by atoms with Gasteiger partial charge in [0.15, 0.2) is 9.84 Å². The summed E-state index contributed by atoms with van der Waals surface area (Å²) in [5, 5.41) is 8.35. The minimum absolute atomic E-state index is 0.00247. The third kappa shape index (κ3) is 10.1. The average molecular weight is 670 g/mol. The predicted molar refractivity (Wildman–Crippen MR) is 178 cm³/mol. The van der Waals surface area contributed by atoms with Gasteiger partial charge in [-0.1, -0.05) is 75.2 Å². The number of carbonyl (C=O) groups is 5. The van der Waals surface area contributed by atoms with E-state index < -0.39 is 79.1 Å². The fourth-order valence-electron chi connectivity index (χ4n) is 5.44. The Hall–Kier alpha value is -2.70. The van der Waals surface area contributed by atoms with Crippen molar-refractivity contribution in [1.82, 2.24) is 20.9 Å². The van der Waals surface area contributed by atoms with Crippen LogP contribution in [-0.2, 0) is 29.0 Å². The number of ketones is 1. The average Bonchev–Trinajstić information content (AvgIpc) is 3.69. The van der Waals surface area contributed by atoms with E-state index in [1.807, 2.05) is 41.5 Å². The molecule has 1 aliphatic carbocycles. The minimum Gasteiger partial charge on any atom is -0.363 e. The summed E-state index contributed by atoms with van der Waals surface area (Å²) in [6.07, 6.45) is 2.40. The van der Waals surface area contributed by atoms with E-state index in [2.05, 4.69) is 16.0 Å². The van der Waals surface area contributed by atoms with Gasteiger partial charge in [-0.3, -0.25) is 19.2 Å². The third-order valence-corrected chi connectivity index (χ3v) is 12.3. The first-order valence-electron chi connectivity index (χ1n) is 16.3. The van der Waals surface area contributed by atoms with Crippen molar-refractivity contribution < 1.29 is 32.4 Å². The third-order valence-electron chi connectivity index (χ3n) is 9.69. The number of carbonyl (C=O) groups excluding carboxylic acids is 5. The molecule has 46 heavy (non-hydrogen) atoms. The number of likely N-dealkylation sites (tertiary alicyclic amines) is 1. The Bertz CT molecular complexity index is 1290. The number of hydrogen-bond donors (Lipinski definition) is 4. The number of rotatable bonds is 11. The van der Waals surface area contributed by atoms with E-state index in [1.165, 1.54) is 4.90 Å². The maximum absolute atomic E-state index is 14.4. The normalized spacial score (nSPS) is 22.7.